The summed E-state index contributed by atoms with van der Waals surface area (Å²) < 4.78 is 0. The predicted molar refractivity (Wildman–Crippen MR) is 92.0 cm³/mol. The molecule has 0 aliphatic heterocycles. The maximum Gasteiger partial charge on any atom is 0.317 e. The molecule has 0 saturated carbocycles. The Kier molecular flexibility index (Phi) is 9.24. The van der Waals surface area contributed by atoms with E-state index in [0.29, 0.717) is 0 Å². The second-order valence-corrected chi connectivity index (χ2v) is 5.72. The highest BCUT2D eigenvalue weighted by Crippen LogP contribution is 2.22. The van der Waals surface area contributed by atoms with Crippen LogP contribution in [0.1, 0.15) is 57.1 Å². The van der Waals surface area contributed by atoms with Crippen molar-refractivity contribution in [2.75, 3.05) is 13.1 Å². The second-order valence-electron chi connectivity index (χ2n) is 5.72. The zero-order valence-corrected chi connectivity index (χ0v) is 13.7. The number of hydrogen-bond donors (Lipinski definition) is 1. The minimum Gasteiger partial charge on any atom is -0.480 e. The van der Waals surface area contributed by atoms with Crippen LogP contribution >= 0.6 is 0 Å². The number of rotatable bonds is 12. The van der Waals surface area contributed by atoms with Crippen molar-refractivity contribution in [3.8, 4) is 0 Å². The monoisotopic (exact) mass is 303 g/mol. The van der Waals surface area contributed by atoms with Crippen LogP contribution < -0.4 is 0 Å². The fraction of sp³-hybridized carbons (Fsp3) is 0.526. The molecule has 0 saturated heterocycles. The first-order valence-corrected chi connectivity index (χ1v) is 8.32. The molecule has 1 atom stereocenters. The highest BCUT2D eigenvalue weighted by Gasteiger charge is 2.19. The third-order valence-electron chi connectivity index (χ3n) is 3.89. The average molecular weight is 303 g/mol. The van der Waals surface area contributed by atoms with Crippen LogP contribution in [-0.2, 0) is 4.79 Å². The number of benzene rings is 1. The molecule has 1 unspecified atom stereocenters. The molecule has 0 aliphatic carbocycles. The first kappa shape index (κ1) is 18.4. The summed E-state index contributed by atoms with van der Waals surface area (Å²) in [6, 6.07) is 9.96. The third kappa shape index (κ3) is 6.90. The quantitative estimate of drug-likeness (QED) is 0.451. The Balaban J connectivity index is 2.58. The summed E-state index contributed by atoms with van der Waals surface area (Å²) in [5.41, 5.74) is 1.10. The Labute approximate surface area is 134 Å². The molecular weight excluding hydrogens is 274 g/mol. The largest absolute Gasteiger partial charge is 0.480 e. The summed E-state index contributed by atoms with van der Waals surface area (Å²) in [7, 11) is 0. The van der Waals surface area contributed by atoms with Crippen molar-refractivity contribution in [1.82, 2.24) is 4.90 Å². The molecule has 0 aliphatic rings. The lowest BCUT2D eigenvalue weighted by atomic mass is 10.0. The molecule has 0 aromatic heterocycles. The number of hydrogen-bond acceptors (Lipinski definition) is 2. The summed E-state index contributed by atoms with van der Waals surface area (Å²) in [6.07, 6.45) is 9.09. The van der Waals surface area contributed by atoms with Crippen LogP contribution in [0.15, 0.2) is 43.0 Å². The molecule has 1 aromatic carbocycles. The SMILES string of the molecule is C=CC(c1ccccc1)N(CCCCCCCC)CC(=O)O. The highest BCUT2D eigenvalue weighted by atomic mass is 16.4. The minimum absolute atomic E-state index is 0.0343. The average Bonchev–Trinajstić information content (AvgIpc) is 2.51. The summed E-state index contributed by atoms with van der Waals surface area (Å²) in [5.74, 6) is -0.784. The molecule has 1 aromatic rings. The van der Waals surface area contributed by atoms with Crippen LogP contribution in [0.2, 0.25) is 0 Å². The van der Waals surface area contributed by atoms with Gasteiger partial charge in [-0.3, -0.25) is 9.69 Å². The number of aliphatic carboxylic acids is 1. The number of carbonyl (C=O) groups is 1. The first-order valence-electron chi connectivity index (χ1n) is 8.32. The highest BCUT2D eigenvalue weighted by molar-refractivity contribution is 5.69. The smallest absolute Gasteiger partial charge is 0.317 e. The Bertz CT molecular complexity index is 430. The van der Waals surface area contributed by atoms with Gasteiger partial charge >= 0.3 is 5.97 Å². The van der Waals surface area contributed by atoms with E-state index in [2.05, 4.69) is 13.5 Å². The van der Waals surface area contributed by atoms with Crippen molar-refractivity contribution < 1.29 is 9.90 Å². The van der Waals surface area contributed by atoms with Crippen molar-refractivity contribution in [1.29, 1.82) is 0 Å². The van der Waals surface area contributed by atoms with Gasteiger partial charge in [0.15, 0.2) is 0 Å². The van der Waals surface area contributed by atoms with Gasteiger partial charge in [-0.2, -0.15) is 0 Å². The van der Waals surface area contributed by atoms with E-state index in [1.807, 2.05) is 41.3 Å². The van der Waals surface area contributed by atoms with E-state index in [0.717, 1.165) is 24.9 Å². The van der Waals surface area contributed by atoms with Gasteiger partial charge in [-0.15, -0.1) is 6.58 Å². The van der Waals surface area contributed by atoms with E-state index >= 15 is 0 Å². The molecular formula is C19H29NO2. The number of carboxylic acids is 1. The van der Waals surface area contributed by atoms with Crippen molar-refractivity contribution in [2.24, 2.45) is 0 Å². The van der Waals surface area contributed by atoms with E-state index in [1.54, 1.807) is 0 Å². The van der Waals surface area contributed by atoms with Gasteiger partial charge in [0.2, 0.25) is 0 Å². The molecule has 0 spiro atoms. The molecule has 0 heterocycles. The van der Waals surface area contributed by atoms with Gasteiger partial charge in [0.05, 0.1) is 12.6 Å². The van der Waals surface area contributed by atoms with E-state index < -0.39 is 5.97 Å². The third-order valence-corrected chi connectivity index (χ3v) is 3.89. The van der Waals surface area contributed by atoms with E-state index in [1.165, 1.54) is 25.7 Å². The van der Waals surface area contributed by atoms with Gasteiger partial charge in [0, 0.05) is 0 Å². The molecule has 1 N–H and O–H groups in total. The van der Waals surface area contributed by atoms with E-state index in [4.69, 9.17) is 0 Å². The molecule has 0 fully saturated rings. The van der Waals surface area contributed by atoms with Crippen LogP contribution in [0.3, 0.4) is 0 Å². The molecule has 1 rings (SSSR count). The van der Waals surface area contributed by atoms with Crippen LogP contribution in [0.5, 0.6) is 0 Å². The van der Waals surface area contributed by atoms with Gasteiger partial charge in [0.25, 0.3) is 0 Å². The van der Waals surface area contributed by atoms with Gasteiger partial charge in [-0.05, 0) is 18.5 Å². The Morgan fingerprint density at radius 1 is 1.18 bits per heavy atom. The van der Waals surface area contributed by atoms with E-state index in [9.17, 15) is 9.90 Å². The minimum atomic E-state index is -0.784. The lowest BCUT2D eigenvalue weighted by Crippen LogP contribution is -2.33. The molecule has 0 radical (unpaired) electrons. The number of carboxylic acid groups (broad SMARTS) is 1. The van der Waals surface area contributed by atoms with Gasteiger partial charge in [-0.25, -0.2) is 0 Å². The Morgan fingerprint density at radius 2 is 1.82 bits per heavy atom. The fourth-order valence-electron chi connectivity index (χ4n) is 2.73. The normalized spacial score (nSPS) is 12.3. The topological polar surface area (TPSA) is 40.5 Å². The number of unbranched alkanes of at least 4 members (excludes halogenated alkanes) is 5. The first-order chi connectivity index (χ1) is 10.7. The molecule has 3 heteroatoms. The lowest BCUT2D eigenvalue weighted by Gasteiger charge is -2.28. The standard InChI is InChI=1S/C19H29NO2/c1-3-5-6-7-8-12-15-20(16-19(21)22)18(4-2)17-13-10-9-11-14-17/h4,9-11,13-14,18H,2-3,5-8,12,15-16H2,1H3,(H,21,22). The molecule has 0 bridgehead atoms. The van der Waals surface area contributed by atoms with Crippen molar-refractivity contribution in [3.05, 3.63) is 48.6 Å². The molecule has 22 heavy (non-hydrogen) atoms. The summed E-state index contributed by atoms with van der Waals surface area (Å²) in [6.45, 7) is 6.96. The maximum absolute atomic E-state index is 11.2. The molecule has 122 valence electrons. The van der Waals surface area contributed by atoms with Crippen molar-refractivity contribution in [2.45, 2.75) is 51.5 Å². The summed E-state index contributed by atoms with van der Waals surface area (Å²) >= 11 is 0. The Hall–Kier alpha value is -1.61. The zero-order valence-electron chi connectivity index (χ0n) is 13.7. The summed E-state index contributed by atoms with van der Waals surface area (Å²) in [4.78, 5) is 13.2. The molecule has 3 nitrogen and oxygen atoms in total. The van der Waals surface area contributed by atoms with Crippen LogP contribution in [0, 0.1) is 0 Å². The van der Waals surface area contributed by atoms with Crippen LogP contribution in [-0.4, -0.2) is 29.1 Å². The fourth-order valence-corrected chi connectivity index (χ4v) is 2.73. The van der Waals surface area contributed by atoms with Crippen LogP contribution in [0.4, 0.5) is 0 Å². The predicted octanol–water partition coefficient (Wildman–Crippen LogP) is 4.66. The van der Waals surface area contributed by atoms with E-state index in [-0.39, 0.29) is 12.6 Å². The number of nitrogens with zero attached hydrogens (tertiary/aromatic N) is 1. The zero-order chi connectivity index (χ0) is 16.2. The van der Waals surface area contributed by atoms with Gasteiger partial charge < -0.3 is 5.11 Å². The van der Waals surface area contributed by atoms with Gasteiger partial charge in [0.1, 0.15) is 0 Å². The summed E-state index contributed by atoms with van der Waals surface area (Å²) in [5, 5.41) is 9.17. The van der Waals surface area contributed by atoms with Gasteiger partial charge in [-0.1, -0.05) is 75.4 Å². The second kappa shape index (κ2) is 11.0. The van der Waals surface area contributed by atoms with Crippen LogP contribution in [0.25, 0.3) is 0 Å². The lowest BCUT2D eigenvalue weighted by molar-refractivity contribution is -0.138. The molecule has 0 amide bonds. The Morgan fingerprint density at radius 3 is 2.41 bits per heavy atom. The maximum atomic E-state index is 11.2. The van der Waals surface area contributed by atoms with Crippen molar-refractivity contribution >= 4 is 5.97 Å². The van der Waals surface area contributed by atoms with Crippen molar-refractivity contribution in [3.63, 3.8) is 0 Å².